The van der Waals surface area contributed by atoms with Crippen LogP contribution in [0, 0.1) is 5.82 Å². The van der Waals surface area contributed by atoms with Crippen LogP contribution in [0.2, 0.25) is 0 Å². The van der Waals surface area contributed by atoms with Crippen LogP contribution in [0.5, 0.6) is 0 Å². The highest BCUT2D eigenvalue weighted by molar-refractivity contribution is 9.10. The lowest BCUT2D eigenvalue weighted by Crippen LogP contribution is -2.17. The van der Waals surface area contributed by atoms with Gasteiger partial charge in [-0.1, -0.05) is 12.1 Å². The van der Waals surface area contributed by atoms with Crippen LogP contribution in [-0.4, -0.2) is 10.7 Å². The molecule has 0 amide bonds. The summed E-state index contributed by atoms with van der Waals surface area (Å²) in [5, 5.41) is 3.44. The van der Waals surface area contributed by atoms with Gasteiger partial charge in [0.25, 0.3) is 0 Å². The highest BCUT2D eigenvalue weighted by Gasteiger charge is 2.23. The van der Waals surface area contributed by atoms with Crippen molar-refractivity contribution in [3.63, 3.8) is 0 Å². The number of aromatic nitrogens is 1. The lowest BCUT2D eigenvalue weighted by atomic mass is 10.0. The summed E-state index contributed by atoms with van der Waals surface area (Å²) in [4.78, 5) is 4.96. The number of hydrogen-bond acceptors (Lipinski definition) is 3. The van der Waals surface area contributed by atoms with Gasteiger partial charge in [-0.2, -0.15) is 0 Å². The average molecular weight is 339 g/mol. The van der Waals surface area contributed by atoms with Gasteiger partial charge in [0, 0.05) is 16.8 Å². The van der Waals surface area contributed by atoms with Gasteiger partial charge in [-0.15, -0.1) is 11.8 Å². The Kier molecular flexibility index (Phi) is 3.75. The van der Waals surface area contributed by atoms with Crippen molar-refractivity contribution in [3.8, 4) is 0 Å². The van der Waals surface area contributed by atoms with E-state index in [-0.39, 0.29) is 11.9 Å². The van der Waals surface area contributed by atoms with Crippen molar-refractivity contribution < 1.29 is 4.39 Å². The predicted octanol–water partition coefficient (Wildman–Crippen LogP) is 4.63. The molecule has 0 fully saturated rings. The summed E-state index contributed by atoms with van der Waals surface area (Å²) in [6, 6.07) is 9.27. The number of benzene rings is 1. The molecular formula is C14H12BrFN2S. The number of nitrogens with one attached hydrogen (secondary N) is 1. The number of fused-ring (bicyclic) bond motifs is 1. The molecule has 0 spiro atoms. The maximum absolute atomic E-state index is 13.8. The van der Waals surface area contributed by atoms with Crippen LogP contribution < -0.4 is 5.32 Å². The third-order valence-electron chi connectivity index (χ3n) is 3.11. The summed E-state index contributed by atoms with van der Waals surface area (Å²) in [6.45, 7) is 0. The predicted molar refractivity (Wildman–Crippen MR) is 80.0 cm³/mol. The van der Waals surface area contributed by atoms with E-state index in [4.69, 9.17) is 0 Å². The molecule has 1 unspecified atom stereocenters. The van der Waals surface area contributed by atoms with E-state index in [1.165, 1.54) is 6.07 Å². The third kappa shape index (κ3) is 2.62. The molecule has 0 aliphatic carbocycles. The van der Waals surface area contributed by atoms with Gasteiger partial charge < -0.3 is 5.32 Å². The van der Waals surface area contributed by atoms with Crippen LogP contribution >= 0.6 is 27.7 Å². The number of pyridine rings is 1. The highest BCUT2D eigenvalue weighted by Crippen LogP contribution is 2.39. The van der Waals surface area contributed by atoms with E-state index in [2.05, 4.69) is 26.2 Å². The maximum atomic E-state index is 13.8. The van der Waals surface area contributed by atoms with E-state index < -0.39 is 0 Å². The number of hydrogen-bond donors (Lipinski definition) is 1. The lowest BCUT2D eigenvalue weighted by molar-refractivity contribution is 0.585. The van der Waals surface area contributed by atoms with Crippen molar-refractivity contribution in [3.05, 3.63) is 52.5 Å². The second-order valence-corrected chi connectivity index (χ2v) is 6.19. The van der Waals surface area contributed by atoms with Gasteiger partial charge in [0.15, 0.2) is 0 Å². The first-order valence-corrected chi connectivity index (χ1v) is 7.82. The Bertz CT molecular complexity index is 606. The molecule has 0 radical (unpaired) electrons. The minimum atomic E-state index is -0.126. The monoisotopic (exact) mass is 338 g/mol. The Balaban J connectivity index is 1.92. The van der Waals surface area contributed by atoms with Crippen LogP contribution in [0.25, 0.3) is 0 Å². The highest BCUT2D eigenvalue weighted by atomic mass is 79.9. The normalized spacial score (nSPS) is 17.9. The Hall–Kier alpha value is -1.07. The Labute approximate surface area is 124 Å². The van der Waals surface area contributed by atoms with Gasteiger partial charge in [0.2, 0.25) is 0 Å². The van der Waals surface area contributed by atoms with Crippen molar-refractivity contribution in [1.29, 1.82) is 0 Å². The lowest BCUT2D eigenvalue weighted by Gasteiger charge is -2.27. The number of anilines is 1. The van der Waals surface area contributed by atoms with Crippen molar-refractivity contribution in [2.45, 2.75) is 17.4 Å². The van der Waals surface area contributed by atoms with Gasteiger partial charge >= 0.3 is 0 Å². The summed E-state index contributed by atoms with van der Waals surface area (Å²) in [5.41, 5.74) is 1.97. The Morgan fingerprint density at radius 2 is 2.21 bits per heavy atom. The van der Waals surface area contributed by atoms with E-state index in [1.54, 1.807) is 24.0 Å². The summed E-state index contributed by atoms with van der Waals surface area (Å²) in [5.74, 6) is 0.794. The SMILES string of the molecule is Fc1cccc2c1SCCC2Nc1cccnc1Br. The molecule has 3 rings (SSSR count). The van der Waals surface area contributed by atoms with Crippen molar-refractivity contribution >= 4 is 33.4 Å². The Morgan fingerprint density at radius 3 is 3.05 bits per heavy atom. The summed E-state index contributed by atoms with van der Waals surface area (Å²) >= 11 is 5.02. The second-order valence-electron chi connectivity index (χ2n) is 4.33. The van der Waals surface area contributed by atoms with E-state index in [0.29, 0.717) is 0 Å². The fourth-order valence-corrected chi connectivity index (χ4v) is 3.72. The van der Waals surface area contributed by atoms with E-state index in [9.17, 15) is 4.39 Å². The van der Waals surface area contributed by atoms with Crippen LogP contribution in [0.4, 0.5) is 10.1 Å². The maximum Gasteiger partial charge on any atom is 0.137 e. The molecule has 0 saturated carbocycles. The second kappa shape index (κ2) is 5.51. The molecule has 2 nitrogen and oxygen atoms in total. The van der Waals surface area contributed by atoms with Gasteiger partial charge in [-0.3, -0.25) is 0 Å². The molecule has 2 aromatic rings. The summed E-state index contributed by atoms with van der Waals surface area (Å²) in [7, 11) is 0. The molecule has 5 heteroatoms. The number of thioether (sulfide) groups is 1. The molecule has 1 aliphatic rings. The molecule has 98 valence electrons. The van der Waals surface area contributed by atoms with Crippen molar-refractivity contribution in [2.75, 3.05) is 11.1 Å². The molecule has 19 heavy (non-hydrogen) atoms. The molecule has 0 saturated heterocycles. The molecule has 1 atom stereocenters. The number of rotatable bonds is 2. The van der Waals surface area contributed by atoms with Crippen LogP contribution in [0.15, 0.2) is 46.0 Å². The van der Waals surface area contributed by atoms with E-state index in [0.717, 1.165) is 32.9 Å². The van der Waals surface area contributed by atoms with Crippen LogP contribution in [0.3, 0.4) is 0 Å². The Morgan fingerprint density at radius 1 is 1.32 bits per heavy atom. The first-order chi connectivity index (χ1) is 9.25. The van der Waals surface area contributed by atoms with Gasteiger partial charge in [-0.25, -0.2) is 9.37 Å². The minimum Gasteiger partial charge on any atom is -0.376 e. The van der Waals surface area contributed by atoms with Gasteiger partial charge in [0.1, 0.15) is 10.4 Å². The zero-order valence-electron chi connectivity index (χ0n) is 10.1. The molecule has 2 heterocycles. The summed E-state index contributed by atoms with van der Waals surface area (Å²) in [6.07, 6.45) is 2.71. The van der Waals surface area contributed by atoms with E-state index >= 15 is 0 Å². The fourth-order valence-electron chi connectivity index (χ4n) is 2.22. The fraction of sp³-hybridized carbons (Fsp3) is 0.214. The molecular weight excluding hydrogens is 327 g/mol. The standard InChI is InChI=1S/C14H12BrFN2S/c15-14-12(5-2-7-17-14)18-11-6-8-19-13-9(11)3-1-4-10(13)16/h1-5,7,11,18H,6,8H2. The molecule has 1 N–H and O–H groups in total. The first-order valence-electron chi connectivity index (χ1n) is 6.04. The minimum absolute atomic E-state index is 0.126. The molecule has 0 bridgehead atoms. The zero-order valence-corrected chi connectivity index (χ0v) is 12.5. The largest absolute Gasteiger partial charge is 0.376 e. The van der Waals surface area contributed by atoms with Crippen molar-refractivity contribution in [1.82, 2.24) is 4.98 Å². The zero-order chi connectivity index (χ0) is 13.2. The number of halogens is 2. The topological polar surface area (TPSA) is 24.9 Å². The van der Waals surface area contributed by atoms with Crippen LogP contribution in [0.1, 0.15) is 18.0 Å². The van der Waals surface area contributed by atoms with Crippen LogP contribution in [-0.2, 0) is 0 Å². The smallest absolute Gasteiger partial charge is 0.137 e. The van der Waals surface area contributed by atoms with Crippen molar-refractivity contribution in [2.24, 2.45) is 0 Å². The first kappa shape index (κ1) is 12.9. The molecule has 1 aromatic heterocycles. The molecule has 1 aliphatic heterocycles. The summed E-state index contributed by atoms with van der Waals surface area (Å²) < 4.78 is 14.6. The molecule has 1 aromatic carbocycles. The third-order valence-corrected chi connectivity index (χ3v) is 4.91. The van der Waals surface area contributed by atoms with Gasteiger partial charge in [0.05, 0.1) is 11.7 Å². The quantitative estimate of drug-likeness (QED) is 0.808. The number of nitrogens with zero attached hydrogens (tertiary/aromatic N) is 1. The van der Waals surface area contributed by atoms with E-state index in [1.807, 2.05) is 18.2 Å². The average Bonchev–Trinajstić information content (AvgIpc) is 2.42. The van der Waals surface area contributed by atoms with Gasteiger partial charge in [-0.05, 0) is 46.1 Å².